The minimum Gasteiger partial charge on any atom is -0.508 e. The number of phenolic OH excluding ortho intramolecular Hbond substituents is 1. The van der Waals surface area contributed by atoms with Crippen molar-refractivity contribution in [1.82, 2.24) is 10.2 Å². The molecule has 1 fully saturated rings. The number of benzene rings is 2. The molecule has 0 saturated carbocycles. The lowest BCUT2D eigenvalue weighted by atomic mass is 9.67. The van der Waals surface area contributed by atoms with Crippen LogP contribution in [0.5, 0.6) is 5.75 Å². The monoisotopic (exact) mass is 482 g/mol. The molecule has 2 N–H and O–H groups in total. The molecule has 3 rings (SSSR count). The van der Waals surface area contributed by atoms with Crippen LogP contribution in [-0.2, 0) is 35.7 Å². The molecule has 1 aliphatic rings. The summed E-state index contributed by atoms with van der Waals surface area (Å²) in [5, 5.41) is 12.7. The summed E-state index contributed by atoms with van der Waals surface area (Å²) < 4.78 is 9.28. The predicted molar refractivity (Wildman–Crippen MR) is 131 cm³/mol. The molecule has 1 aliphatic heterocycles. The van der Waals surface area contributed by atoms with Crippen molar-refractivity contribution in [3.05, 3.63) is 65.7 Å². The van der Waals surface area contributed by atoms with Crippen molar-refractivity contribution in [2.24, 2.45) is 5.92 Å². The molecular weight excluding hydrogens is 448 g/mol. The fraction of sp³-hybridized carbons (Fsp3) is 0.444. The largest absolute Gasteiger partial charge is 0.508 e. The number of rotatable bonds is 9. The third-order valence-electron chi connectivity index (χ3n) is 7.02. The first-order valence-corrected chi connectivity index (χ1v) is 11.8. The van der Waals surface area contributed by atoms with E-state index in [4.69, 9.17) is 4.74 Å². The molecule has 0 radical (unpaired) electrons. The van der Waals surface area contributed by atoms with E-state index in [2.05, 4.69) is 28.8 Å². The second kappa shape index (κ2) is 11.8. The van der Waals surface area contributed by atoms with Gasteiger partial charge in [0.15, 0.2) is 6.61 Å². The summed E-state index contributed by atoms with van der Waals surface area (Å²) >= 11 is 0. The lowest BCUT2D eigenvalue weighted by Gasteiger charge is -2.47. The second-order valence-electron chi connectivity index (χ2n) is 9.27. The Bertz CT molecular complexity index is 1030. The fourth-order valence-corrected chi connectivity index (χ4v) is 4.59. The zero-order valence-corrected chi connectivity index (χ0v) is 20.5. The summed E-state index contributed by atoms with van der Waals surface area (Å²) in [4.78, 5) is 38.5. The van der Waals surface area contributed by atoms with Gasteiger partial charge in [-0.1, -0.05) is 56.3 Å². The van der Waals surface area contributed by atoms with Gasteiger partial charge in [-0.2, -0.15) is 0 Å². The first-order valence-electron chi connectivity index (χ1n) is 11.8. The summed E-state index contributed by atoms with van der Waals surface area (Å²) in [6.07, 6.45) is 1.32. The molecule has 0 aromatic heterocycles. The Morgan fingerprint density at radius 1 is 1.14 bits per heavy atom. The van der Waals surface area contributed by atoms with Gasteiger partial charge in [-0.3, -0.25) is 14.5 Å². The lowest BCUT2D eigenvalue weighted by Crippen LogP contribution is -2.56. The Kier molecular flexibility index (Phi) is 8.87. The Hall–Kier alpha value is -3.39. The van der Waals surface area contributed by atoms with E-state index in [0.717, 1.165) is 17.5 Å². The van der Waals surface area contributed by atoms with Crippen molar-refractivity contribution < 1.29 is 29.0 Å². The van der Waals surface area contributed by atoms with E-state index in [0.29, 0.717) is 19.5 Å². The van der Waals surface area contributed by atoms with Crippen LogP contribution < -0.4 is 5.32 Å². The first-order chi connectivity index (χ1) is 16.7. The van der Waals surface area contributed by atoms with Gasteiger partial charge in [0, 0.05) is 6.54 Å². The van der Waals surface area contributed by atoms with Gasteiger partial charge < -0.3 is 19.9 Å². The van der Waals surface area contributed by atoms with Crippen LogP contribution >= 0.6 is 0 Å². The number of esters is 2. The predicted octanol–water partition coefficient (Wildman–Crippen LogP) is 2.44. The quantitative estimate of drug-likeness (QED) is 0.529. The third-order valence-corrected chi connectivity index (χ3v) is 7.02. The minimum absolute atomic E-state index is 0.138. The van der Waals surface area contributed by atoms with Crippen LogP contribution in [-0.4, -0.2) is 67.2 Å². The number of nitrogens with zero attached hydrogens (tertiary/aromatic N) is 1. The number of aromatic hydroxyl groups is 1. The number of hydrogen-bond donors (Lipinski definition) is 2. The van der Waals surface area contributed by atoms with E-state index in [1.807, 2.05) is 48.5 Å². The molecule has 2 aromatic carbocycles. The average Bonchev–Trinajstić information content (AvgIpc) is 2.86. The standard InChI is InChI=1S/C27H34N2O6/c1-19-17-29(13-12-27(19,2)21-10-7-11-22(30)15-21)23(14-20-8-5-4-6-9-20)26(33)28-16-24(31)35-18-25(32)34-3/h4-11,15,19,23,30H,12-14,16-18H2,1-3H3,(H,28,33). The number of phenols is 1. The highest BCUT2D eigenvalue weighted by molar-refractivity contribution is 5.86. The van der Waals surface area contributed by atoms with Crippen molar-refractivity contribution in [2.75, 3.05) is 33.4 Å². The zero-order chi connectivity index (χ0) is 25.4. The molecule has 2 aromatic rings. The summed E-state index contributed by atoms with van der Waals surface area (Å²) in [5.41, 5.74) is 1.97. The van der Waals surface area contributed by atoms with Crippen LogP contribution in [0.2, 0.25) is 0 Å². The van der Waals surface area contributed by atoms with Crippen molar-refractivity contribution in [3.63, 3.8) is 0 Å². The van der Waals surface area contributed by atoms with Gasteiger partial charge >= 0.3 is 11.9 Å². The Labute approximate surface area is 206 Å². The van der Waals surface area contributed by atoms with Gasteiger partial charge in [0.05, 0.1) is 13.2 Å². The van der Waals surface area contributed by atoms with Crippen molar-refractivity contribution in [3.8, 4) is 5.75 Å². The Balaban J connectivity index is 1.70. The van der Waals surface area contributed by atoms with Crippen LogP contribution in [0.3, 0.4) is 0 Å². The number of piperidine rings is 1. The summed E-state index contributed by atoms with van der Waals surface area (Å²) in [6, 6.07) is 16.7. The molecule has 3 unspecified atom stereocenters. The van der Waals surface area contributed by atoms with E-state index < -0.39 is 24.6 Å². The first kappa shape index (κ1) is 26.2. The average molecular weight is 483 g/mol. The number of methoxy groups -OCH3 is 1. The highest BCUT2D eigenvalue weighted by Crippen LogP contribution is 2.40. The smallest absolute Gasteiger partial charge is 0.344 e. The molecular formula is C27H34N2O6. The molecule has 8 nitrogen and oxygen atoms in total. The number of nitrogens with one attached hydrogen (secondary N) is 1. The van der Waals surface area contributed by atoms with Crippen LogP contribution in [0, 0.1) is 5.92 Å². The van der Waals surface area contributed by atoms with Crippen molar-refractivity contribution in [2.45, 2.75) is 38.1 Å². The number of hydrogen-bond acceptors (Lipinski definition) is 7. The Morgan fingerprint density at radius 3 is 2.54 bits per heavy atom. The highest BCUT2D eigenvalue weighted by Gasteiger charge is 2.41. The number of carbonyl (C=O) groups excluding carboxylic acids is 3. The molecule has 35 heavy (non-hydrogen) atoms. The topological polar surface area (TPSA) is 105 Å². The molecule has 188 valence electrons. The van der Waals surface area contributed by atoms with Crippen molar-refractivity contribution in [1.29, 1.82) is 0 Å². The molecule has 0 bridgehead atoms. The number of ether oxygens (including phenoxy) is 2. The van der Waals surface area contributed by atoms with Crippen LogP contribution in [0.1, 0.15) is 31.4 Å². The highest BCUT2D eigenvalue weighted by atomic mass is 16.6. The molecule has 0 aliphatic carbocycles. The molecule has 1 amide bonds. The maximum absolute atomic E-state index is 13.2. The molecule has 1 saturated heterocycles. The fourth-order valence-electron chi connectivity index (χ4n) is 4.59. The molecule has 0 spiro atoms. The maximum Gasteiger partial charge on any atom is 0.344 e. The van der Waals surface area contributed by atoms with Gasteiger partial charge in [0.1, 0.15) is 12.3 Å². The number of carbonyl (C=O) groups is 3. The summed E-state index contributed by atoms with van der Waals surface area (Å²) in [7, 11) is 1.21. The second-order valence-corrected chi connectivity index (χ2v) is 9.27. The van der Waals surface area contributed by atoms with Gasteiger partial charge in [-0.05, 0) is 54.0 Å². The van der Waals surface area contributed by atoms with E-state index in [1.54, 1.807) is 6.07 Å². The maximum atomic E-state index is 13.2. The molecule has 3 atom stereocenters. The third kappa shape index (κ3) is 6.82. The summed E-state index contributed by atoms with van der Waals surface area (Å²) in [5.74, 6) is -1.17. The van der Waals surface area contributed by atoms with Crippen LogP contribution in [0.25, 0.3) is 0 Å². The SMILES string of the molecule is COC(=O)COC(=O)CNC(=O)C(Cc1ccccc1)N1CCC(C)(c2cccc(O)c2)C(C)C1. The number of amides is 1. The number of likely N-dealkylation sites (tertiary alicyclic amines) is 1. The zero-order valence-electron chi connectivity index (χ0n) is 20.5. The van der Waals surface area contributed by atoms with E-state index in [1.165, 1.54) is 7.11 Å². The van der Waals surface area contributed by atoms with Gasteiger partial charge in [0.2, 0.25) is 5.91 Å². The van der Waals surface area contributed by atoms with E-state index in [-0.39, 0.29) is 29.5 Å². The van der Waals surface area contributed by atoms with E-state index in [9.17, 15) is 19.5 Å². The van der Waals surface area contributed by atoms with E-state index >= 15 is 0 Å². The molecule has 1 heterocycles. The molecule has 8 heteroatoms. The van der Waals surface area contributed by atoms with Gasteiger partial charge in [-0.25, -0.2) is 4.79 Å². The van der Waals surface area contributed by atoms with Crippen LogP contribution in [0.4, 0.5) is 0 Å². The minimum atomic E-state index is -0.703. The van der Waals surface area contributed by atoms with Crippen molar-refractivity contribution >= 4 is 17.8 Å². The van der Waals surface area contributed by atoms with Crippen LogP contribution in [0.15, 0.2) is 54.6 Å². The van der Waals surface area contributed by atoms with Gasteiger partial charge in [0.25, 0.3) is 0 Å². The summed E-state index contributed by atoms with van der Waals surface area (Å²) in [6.45, 7) is 4.92. The lowest BCUT2D eigenvalue weighted by molar-refractivity contribution is -0.156. The van der Waals surface area contributed by atoms with Gasteiger partial charge in [-0.15, -0.1) is 0 Å². The Morgan fingerprint density at radius 2 is 1.89 bits per heavy atom. The normalized spacial score (nSPS) is 21.1.